The van der Waals surface area contributed by atoms with Crippen LogP contribution in [0, 0.1) is 5.82 Å². The largest absolute Gasteiger partial charge is 0.394 e. The van der Waals surface area contributed by atoms with Crippen LogP contribution in [-0.2, 0) is 0 Å². The summed E-state index contributed by atoms with van der Waals surface area (Å²) in [5, 5.41) is 9.18. The van der Waals surface area contributed by atoms with Crippen LogP contribution in [0.25, 0.3) is 0 Å². The Kier molecular flexibility index (Phi) is 3.79. The highest BCUT2D eigenvalue weighted by atomic mass is 79.9. The van der Waals surface area contributed by atoms with Crippen molar-refractivity contribution in [2.75, 3.05) is 13.2 Å². The summed E-state index contributed by atoms with van der Waals surface area (Å²) < 4.78 is 13.5. The Labute approximate surface area is 107 Å². The first kappa shape index (κ1) is 12.5. The van der Waals surface area contributed by atoms with Crippen molar-refractivity contribution in [3.8, 4) is 0 Å². The monoisotopic (exact) mass is 301 g/mol. The molecule has 1 saturated heterocycles. The van der Waals surface area contributed by atoms with E-state index >= 15 is 0 Å². The Morgan fingerprint density at radius 2 is 2.35 bits per heavy atom. The maximum atomic E-state index is 13.3. The summed E-state index contributed by atoms with van der Waals surface area (Å²) >= 11 is 3.08. The number of carbonyl (C=O) groups is 1. The first-order chi connectivity index (χ1) is 8.15. The number of nitrogens with zero attached hydrogens (tertiary/aromatic N) is 1. The van der Waals surface area contributed by atoms with E-state index < -0.39 is 5.82 Å². The molecule has 0 unspecified atom stereocenters. The number of amides is 1. The SMILES string of the molecule is O=C(c1cccc(F)c1Br)N1CCC[C@H]1CO. The molecule has 0 bridgehead atoms. The molecule has 1 aromatic rings. The number of aliphatic hydroxyl groups is 1. The van der Waals surface area contributed by atoms with Crippen LogP contribution in [0.1, 0.15) is 23.2 Å². The van der Waals surface area contributed by atoms with Gasteiger partial charge < -0.3 is 10.0 Å². The van der Waals surface area contributed by atoms with E-state index in [1.54, 1.807) is 11.0 Å². The molecule has 92 valence electrons. The Morgan fingerprint density at radius 1 is 1.59 bits per heavy atom. The fourth-order valence-electron chi connectivity index (χ4n) is 2.12. The second-order valence-electron chi connectivity index (χ2n) is 4.08. The molecule has 1 aromatic carbocycles. The van der Waals surface area contributed by atoms with Crippen LogP contribution in [0.2, 0.25) is 0 Å². The summed E-state index contributed by atoms with van der Waals surface area (Å²) in [7, 11) is 0. The molecule has 1 N–H and O–H groups in total. The van der Waals surface area contributed by atoms with Crippen molar-refractivity contribution in [2.24, 2.45) is 0 Å². The standard InChI is InChI=1S/C12H13BrFNO2/c13-11-9(4-1-5-10(11)14)12(17)15-6-2-3-8(15)7-16/h1,4-5,8,16H,2-3,6-7H2/t8-/m0/s1. The van der Waals surface area contributed by atoms with Crippen molar-refractivity contribution >= 4 is 21.8 Å². The van der Waals surface area contributed by atoms with Crippen LogP contribution < -0.4 is 0 Å². The van der Waals surface area contributed by atoms with Gasteiger partial charge in [0.2, 0.25) is 0 Å². The smallest absolute Gasteiger partial charge is 0.255 e. The van der Waals surface area contributed by atoms with Crippen molar-refractivity contribution in [1.82, 2.24) is 4.90 Å². The fraction of sp³-hybridized carbons (Fsp3) is 0.417. The van der Waals surface area contributed by atoms with E-state index in [0.29, 0.717) is 12.1 Å². The highest BCUT2D eigenvalue weighted by Crippen LogP contribution is 2.25. The summed E-state index contributed by atoms with van der Waals surface area (Å²) in [5.74, 6) is -0.677. The lowest BCUT2D eigenvalue weighted by molar-refractivity contribution is 0.0676. The minimum absolute atomic E-state index is 0.0430. The predicted molar refractivity (Wildman–Crippen MR) is 65.2 cm³/mol. The lowest BCUT2D eigenvalue weighted by atomic mass is 10.1. The van der Waals surface area contributed by atoms with Crippen molar-refractivity contribution in [3.05, 3.63) is 34.1 Å². The number of likely N-dealkylation sites (tertiary alicyclic amines) is 1. The number of aliphatic hydroxyl groups excluding tert-OH is 1. The maximum Gasteiger partial charge on any atom is 0.255 e. The summed E-state index contributed by atoms with van der Waals surface area (Å²) in [6, 6.07) is 4.26. The zero-order valence-corrected chi connectivity index (χ0v) is 10.8. The fourth-order valence-corrected chi connectivity index (χ4v) is 2.55. The Morgan fingerprint density at radius 3 is 3.06 bits per heavy atom. The average Bonchev–Trinajstić information content (AvgIpc) is 2.80. The van der Waals surface area contributed by atoms with Gasteiger partial charge in [0.1, 0.15) is 5.82 Å². The molecule has 1 aliphatic heterocycles. The van der Waals surface area contributed by atoms with E-state index in [0.717, 1.165) is 12.8 Å². The molecular formula is C12H13BrFNO2. The Bertz CT molecular complexity index is 439. The van der Waals surface area contributed by atoms with E-state index in [1.165, 1.54) is 12.1 Å². The Balaban J connectivity index is 2.28. The molecule has 1 amide bonds. The van der Waals surface area contributed by atoms with Crippen LogP contribution in [0.5, 0.6) is 0 Å². The van der Waals surface area contributed by atoms with Crippen molar-refractivity contribution in [1.29, 1.82) is 0 Å². The van der Waals surface area contributed by atoms with Gasteiger partial charge in [-0.1, -0.05) is 6.07 Å². The minimum atomic E-state index is -0.449. The van der Waals surface area contributed by atoms with Gasteiger partial charge in [-0.15, -0.1) is 0 Å². The molecule has 0 radical (unpaired) electrons. The second-order valence-corrected chi connectivity index (χ2v) is 4.87. The van der Waals surface area contributed by atoms with Crippen molar-refractivity contribution in [2.45, 2.75) is 18.9 Å². The topological polar surface area (TPSA) is 40.5 Å². The molecule has 1 atom stereocenters. The first-order valence-corrected chi connectivity index (χ1v) is 6.30. The molecular weight excluding hydrogens is 289 g/mol. The van der Waals surface area contributed by atoms with E-state index in [1.807, 2.05) is 0 Å². The average molecular weight is 302 g/mol. The third-order valence-electron chi connectivity index (χ3n) is 3.03. The van der Waals surface area contributed by atoms with Gasteiger partial charge in [-0.05, 0) is 40.9 Å². The quantitative estimate of drug-likeness (QED) is 0.910. The molecule has 17 heavy (non-hydrogen) atoms. The summed E-state index contributed by atoms with van der Waals surface area (Å²) in [5.41, 5.74) is 0.311. The van der Waals surface area contributed by atoms with Gasteiger partial charge in [-0.2, -0.15) is 0 Å². The van der Waals surface area contributed by atoms with Gasteiger partial charge in [-0.25, -0.2) is 4.39 Å². The number of hydrogen-bond donors (Lipinski definition) is 1. The summed E-state index contributed by atoms with van der Waals surface area (Å²) in [4.78, 5) is 13.8. The van der Waals surface area contributed by atoms with Gasteiger partial charge in [0.05, 0.1) is 22.7 Å². The van der Waals surface area contributed by atoms with E-state index in [2.05, 4.69) is 15.9 Å². The Hall–Kier alpha value is -0.940. The van der Waals surface area contributed by atoms with Gasteiger partial charge >= 0.3 is 0 Å². The van der Waals surface area contributed by atoms with Crippen molar-refractivity contribution in [3.63, 3.8) is 0 Å². The van der Waals surface area contributed by atoms with Gasteiger partial charge in [0.15, 0.2) is 0 Å². The highest BCUT2D eigenvalue weighted by molar-refractivity contribution is 9.10. The minimum Gasteiger partial charge on any atom is -0.394 e. The third-order valence-corrected chi connectivity index (χ3v) is 3.84. The van der Waals surface area contributed by atoms with Gasteiger partial charge in [0, 0.05) is 6.54 Å². The molecule has 5 heteroatoms. The molecule has 0 spiro atoms. The zero-order valence-electron chi connectivity index (χ0n) is 9.20. The van der Waals surface area contributed by atoms with Gasteiger partial charge in [0.25, 0.3) is 5.91 Å². The molecule has 1 aliphatic rings. The highest BCUT2D eigenvalue weighted by Gasteiger charge is 2.30. The molecule has 0 aromatic heterocycles. The first-order valence-electron chi connectivity index (χ1n) is 5.51. The third kappa shape index (κ3) is 2.35. The second kappa shape index (κ2) is 5.14. The normalized spacial score (nSPS) is 19.7. The molecule has 3 nitrogen and oxygen atoms in total. The predicted octanol–water partition coefficient (Wildman–Crippen LogP) is 2.19. The molecule has 1 heterocycles. The number of hydrogen-bond acceptors (Lipinski definition) is 2. The van der Waals surface area contributed by atoms with E-state index in [9.17, 15) is 14.3 Å². The molecule has 2 rings (SSSR count). The van der Waals surface area contributed by atoms with Crippen LogP contribution in [0.3, 0.4) is 0 Å². The maximum absolute atomic E-state index is 13.3. The molecule has 0 aliphatic carbocycles. The van der Waals surface area contributed by atoms with Crippen LogP contribution in [0.4, 0.5) is 4.39 Å². The number of halogens is 2. The van der Waals surface area contributed by atoms with Crippen LogP contribution in [0.15, 0.2) is 22.7 Å². The van der Waals surface area contributed by atoms with E-state index in [4.69, 9.17) is 0 Å². The lowest BCUT2D eigenvalue weighted by Gasteiger charge is -2.23. The van der Waals surface area contributed by atoms with Crippen LogP contribution in [-0.4, -0.2) is 35.1 Å². The number of carbonyl (C=O) groups excluding carboxylic acids is 1. The van der Waals surface area contributed by atoms with Crippen LogP contribution >= 0.6 is 15.9 Å². The molecule has 0 saturated carbocycles. The molecule has 1 fully saturated rings. The zero-order chi connectivity index (χ0) is 12.4. The number of rotatable bonds is 2. The lowest BCUT2D eigenvalue weighted by Crippen LogP contribution is -2.37. The summed E-state index contributed by atoms with van der Waals surface area (Å²) in [6.45, 7) is 0.575. The van der Waals surface area contributed by atoms with Gasteiger partial charge in [-0.3, -0.25) is 4.79 Å². The van der Waals surface area contributed by atoms with E-state index in [-0.39, 0.29) is 23.0 Å². The number of benzene rings is 1. The van der Waals surface area contributed by atoms with Crippen molar-refractivity contribution < 1.29 is 14.3 Å². The summed E-state index contributed by atoms with van der Waals surface area (Å²) in [6.07, 6.45) is 1.68.